The van der Waals surface area contributed by atoms with Gasteiger partial charge in [0.15, 0.2) is 0 Å². The lowest BCUT2D eigenvalue weighted by molar-refractivity contribution is -0.0000158. The van der Waals surface area contributed by atoms with Gasteiger partial charge < -0.3 is 24.2 Å². The molecule has 0 unspecified atom stereocenters. The number of hydrogen-bond acceptors (Lipinski definition) is 7. The van der Waals surface area contributed by atoms with E-state index in [1.807, 2.05) is 84.0 Å². The van der Waals surface area contributed by atoms with Gasteiger partial charge in [-0.15, -0.1) is 0 Å². The minimum Gasteiger partial charge on any atom is -0.444 e. The normalized spacial score (nSPS) is 22.1. The van der Waals surface area contributed by atoms with Crippen molar-refractivity contribution in [2.45, 2.75) is 96.1 Å². The number of aromatic amines is 2. The molecule has 51 heavy (non-hydrogen) atoms. The summed E-state index contributed by atoms with van der Waals surface area (Å²) < 4.78 is 17.6. The molecule has 266 valence electrons. The van der Waals surface area contributed by atoms with Crippen LogP contribution in [0.1, 0.15) is 102 Å². The lowest BCUT2D eigenvalue weighted by Crippen LogP contribution is -2.39. The van der Waals surface area contributed by atoms with Crippen LogP contribution in [0.5, 0.6) is 0 Å². The number of ether oxygens (including phenoxy) is 3. The molecule has 2 amide bonds. The molecule has 11 heteroatoms. The minimum absolute atomic E-state index is 0.255. The topological polar surface area (TPSA) is 126 Å². The summed E-state index contributed by atoms with van der Waals surface area (Å²) in [5.74, 6) is 7.98. The van der Waals surface area contributed by atoms with Crippen LogP contribution in [0.15, 0.2) is 60.8 Å². The zero-order valence-corrected chi connectivity index (χ0v) is 30.3. The first-order valence-corrected chi connectivity index (χ1v) is 17.6. The number of benzene rings is 2. The molecule has 3 atom stereocenters. The summed E-state index contributed by atoms with van der Waals surface area (Å²) in [6.45, 7) is 17.0. The summed E-state index contributed by atoms with van der Waals surface area (Å²) in [4.78, 5) is 46.0. The third-order valence-corrected chi connectivity index (χ3v) is 9.37. The second-order valence-electron chi connectivity index (χ2n) is 15.9. The molecule has 5 heterocycles. The van der Waals surface area contributed by atoms with Crippen LogP contribution in [0, 0.1) is 11.8 Å². The monoisotopic (exact) mass is 690 g/mol. The van der Waals surface area contributed by atoms with Gasteiger partial charge in [0, 0.05) is 30.7 Å². The summed E-state index contributed by atoms with van der Waals surface area (Å²) in [5, 5.41) is 0. The van der Waals surface area contributed by atoms with Crippen LogP contribution in [-0.4, -0.2) is 78.4 Å². The van der Waals surface area contributed by atoms with Crippen molar-refractivity contribution in [1.29, 1.82) is 0 Å². The fourth-order valence-corrected chi connectivity index (χ4v) is 7.10. The van der Waals surface area contributed by atoms with E-state index in [0.29, 0.717) is 38.4 Å². The molecule has 1 spiro atoms. The lowest BCUT2D eigenvalue weighted by Gasteiger charge is -2.28. The number of carbonyl (C=O) groups is 2. The van der Waals surface area contributed by atoms with Crippen LogP contribution >= 0.6 is 0 Å². The van der Waals surface area contributed by atoms with Crippen LogP contribution in [0.25, 0.3) is 22.3 Å². The van der Waals surface area contributed by atoms with Gasteiger partial charge in [-0.05, 0) is 96.7 Å². The Morgan fingerprint density at radius 3 is 2.29 bits per heavy atom. The van der Waals surface area contributed by atoms with Crippen LogP contribution in [0.2, 0.25) is 0 Å². The fraction of sp³-hybridized carbons (Fsp3) is 0.450. The fourth-order valence-electron chi connectivity index (χ4n) is 7.10. The van der Waals surface area contributed by atoms with E-state index in [4.69, 9.17) is 19.2 Å². The zero-order valence-electron chi connectivity index (χ0n) is 30.3. The molecule has 0 aliphatic carbocycles. The highest BCUT2D eigenvalue weighted by molar-refractivity contribution is 5.78. The largest absolute Gasteiger partial charge is 0.444 e. The number of fused-ring (bicyclic) bond motifs is 1. The molecule has 0 bridgehead atoms. The van der Waals surface area contributed by atoms with Gasteiger partial charge >= 0.3 is 12.2 Å². The highest BCUT2D eigenvalue weighted by Gasteiger charge is 2.51. The van der Waals surface area contributed by atoms with E-state index < -0.39 is 11.2 Å². The Hall–Kier alpha value is -5.08. The number of carbonyl (C=O) groups excluding carboxylic acids is 2. The summed E-state index contributed by atoms with van der Waals surface area (Å²) in [6, 6.07) is 13.3. The van der Waals surface area contributed by atoms with Crippen molar-refractivity contribution in [3.63, 3.8) is 0 Å². The molecule has 3 saturated heterocycles. The zero-order chi connectivity index (χ0) is 36.1. The number of H-pyrrole nitrogens is 2. The van der Waals surface area contributed by atoms with Crippen LogP contribution in [-0.2, 0) is 14.2 Å². The Morgan fingerprint density at radius 2 is 1.61 bits per heavy atom. The van der Waals surface area contributed by atoms with Crippen LogP contribution < -0.4 is 0 Å². The number of aromatic nitrogens is 4. The van der Waals surface area contributed by atoms with Crippen molar-refractivity contribution in [2.75, 3.05) is 19.7 Å². The van der Waals surface area contributed by atoms with Crippen molar-refractivity contribution in [3.8, 4) is 23.1 Å². The maximum atomic E-state index is 13.3. The Labute approximate surface area is 298 Å². The predicted molar refractivity (Wildman–Crippen MR) is 194 cm³/mol. The first-order chi connectivity index (χ1) is 24.1. The van der Waals surface area contributed by atoms with E-state index in [1.165, 1.54) is 0 Å². The third-order valence-electron chi connectivity index (χ3n) is 9.37. The molecule has 0 radical (unpaired) electrons. The number of nitrogens with zero attached hydrogens (tertiary/aromatic N) is 4. The van der Waals surface area contributed by atoms with Crippen LogP contribution in [0.4, 0.5) is 9.59 Å². The third kappa shape index (κ3) is 7.52. The van der Waals surface area contributed by atoms with E-state index in [9.17, 15) is 9.59 Å². The Morgan fingerprint density at radius 1 is 0.922 bits per heavy atom. The number of rotatable bonds is 3. The number of likely N-dealkylation sites (tertiary alicyclic amines) is 2. The number of imidazole rings is 2. The van der Waals surface area contributed by atoms with E-state index in [0.717, 1.165) is 57.7 Å². The van der Waals surface area contributed by atoms with Gasteiger partial charge in [-0.3, -0.25) is 9.80 Å². The van der Waals surface area contributed by atoms with Gasteiger partial charge in [-0.1, -0.05) is 36.1 Å². The molecule has 3 fully saturated rings. The van der Waals surface area contributed by atoms with E-state index >= 15 is 0 Å². The Bertz CT molecular complexity index is 2030. The molecule has 0 saturated carbocycles. The van der Waals surface area contributed by atoms with Crippen LogP contribution in [0.3, 0.4) is 0 Å². The summed E-state index contributed by atoms with van der Waals surface area (Å²) in [5.41, 5.74) is 4.61. The highest BCUT2D eigenvalue weighted by Crippen LogP contribution is 2.45. The van der Waals surface area contributed by atoms with Gasteiger partial charge in [0.25, 0.3) is 0 Å². The summed E-state index contributed by atoms with van der Waals surface area (Å²) >= 11 is 0. The summed E-state index contributed by atoms with van der Waals surface area (Å²) in [7, 11) is 0. The van der Waals surface area contributed by atoms with Crippen molar-refractivity contribution in [1.82, 2.24) is 29.7 Å². The van der Waals surface area contributed by atoms with Gasteiger partial charge in [0.2, 0.25) is 0 Å². The average molecular weight is 691 g/mol. The molecule has 2 N–H and O–H groups in total. The quantitative estimate of drug-likeness (QED) is 0.166. The van der Waals surface area contributed by atoms with Crippen molar-refractivity contribution in [2.24, 2.45) is 0 Å². The van der Waals surface area contributed by atoms with E-state index in [2.05, 4.69) is 33.4 Å². The molecule has 11 nitrogen and oxygen atoms in total. The van der Waals surface area contributed by atoms with Gasteiger partial charge in [-0.25, -0.2) is 19.6 Å². The Kier molecular flexibility index (Phi) is 8.70. The second kappa shape index (κ2) is 12.9. The van der Waals surface area contributed by atoms with Gasteiger partial charge in [-0.2, -0.15) is 0 Å². The Balaban J connectivity index is 1.05. The van der Waals surface area contributed by atoms with E-state index in [-0.39, 0.29) is 29.9 Å². The smallest absolute Gasteiger partial charge is 0.411 e. The molecule has 7 rings (SSSR count). The average Bonchev–Trinajstić information content (AvgIpc) is 3.89. The maximum absolute atomic E-state index is 13.3. The van der Waals surface area contributed by atoms with Crippen molar-refractivity contribution in [3.05, 3.63) is 83.6 Å². The molecule has 4 aromatic rings. The minimum atomic E-state index is -0.600. The number of nitrogens with one attached hydrogen (secondary N) is 2. The van der Waals surface area contributed by atoms with Gasteiger partial charge in [0.1, 0.15) is 22.9 Å². The standard InChI is InChI=1S/C40H46N6O5/c1-25-19-32(45(23-25)36(47)50-38(2,3)4)34-41-22-31(44-34)28-14-11-26(12-15-28)9-10-27-13-16-29-30(20-27)43-35(42-29)33-21-40(17-8-18-49-40)24-46(33)37(48)51-39(5,6)7/h11-16,20,22,32-33H,1,8,17-19,21,23-24H2,2-7H3,(H,41,44)(H,42,43)/t32-,33-,40-/m0/s1. The second-order valence-corrected chi connectivity index (χ2v) is 15.9. The predicted octanol–water partition coefficient (Wildman–Crippen LogP) is 7.82. The van der Waals surface area contributed by atoms with Crippen molar-refractivity contribution < 1.29 is 23.8 Å². The molecular weight excluding hydrogens is 644 g/mol. The molecule has 3 aliphatic heterocycles. The lowest BCUT2D eigenvalue weighted by atomic mass is 9.96. The number of hydrogen-bond donors (Lipinski definition) is 2. The molecular formula is C40H46N6O5. The first kappa shape index (κ1) is 34.4. The first-order valence-electron chi connectivity index (χ1n) is 17.6. The molecule has 2 aromatic carbocycles. The molecule has 3 aliphatic rings. The maximum Gasteiger partial charge on any atom is 0.411 e. The number of amides is 2. The summed E-state index contributed by atoms with van der Waals surface area (Å²) in [6.07, 6.45) is 4.27. The van der Waals surface area contributed by atoms with Crippen molar-refractivity contribution >= 4 is 23.2 Å². The van der Waals surface area contributed by atoms with Gasteiger partial charge in [0.05, 0.1) is 47.2 Å². The highest BCUT2D eigenvalue weighted by atomic mass is 16.6. The SMILES string of the molecule is C=C1C[C@@H](c2ncc(-c3ccc(C#Cc4ccc5nc([C@@H]6C[C@@]7(CCCO7)CN6C(=O)OC(C)(C)C)[nH]c5c4)cc3)[nH]2)N(C(=O)OC(C)(C)C)C1. The van der Waals surface area contributed by atoms with E-state index in [1.54, 1.807) is 16.0 Å². The molecule has 2 aromatic heterocycles.